The lowest BCUT2D eigenvalue weighted by Gasteiger charge is -2.06. The van der Waals surface area contributed by atoms with E-state index in [2.05, 4.69) is 26.2 Å². The molecule has 0 spiro atoms. The van der Waals surface area contributed by atoms with E-state index in [9.17, 15) is 4.79 Å². The molecular formula is C17H12BrClN2O2S. The Morgan fingerprint density at radius 1 is 1.29 bits per heavy atom. The lowest BCUT2D eigenvalue weighted by molar-refractivity contribution is 0.102. The summed E-state index contributed by atoms with van der Waals surface area (Å²) < 4.78 is 6.18. The molecule has 0 atom stereocenters. The van der Waals surface area contributed by atoms with Gasteiger partial charge in [-0.2, -0.15) is 0 Å². The fraction of sp³-hybridized carbons (Fsp3) is 0.0588. The van der Waals surface area contributed by atoms with Crippen LogP contribution in [-0.4, -0.2) is 18.0 Å². The number of rotatable bonds is 4. The van der Waals surface area contributed by atoms with Crippen LogP contribution < -0.4 is 10.1 Å². The van der Waals surface area contributed by atoms with Gasteiger partial charge < -0.3 is 10.1 Å². The van der Waals surface area contributed by atoms with Crippen LogP contribution in [0.3, 0.4) is 0 Å². The van der Waals surface area contributed by atoms with Crippen LogP contribution >= 0.6 is 38.9 Å². The zero-order valence-electron chi connectivity index (χ0n) is 12.5. The van der Waals surface area contributed by atoms with Gasteiger partial charge in [-0.15, -0.1) is 11.3 Å². The molecule has 0 fully saturated rings. The maximum Gasteiger partial charge on any atom is 0.275 e. The molecule has 0 unspecified atom stereocenters. The minimum Gasteiger partial charge on any atom is -0.496 e. The van der Waals surface area contributed by atoms with Crippen LogP contribution in [0.25, 0.3) is 10.6 Å². The first-order valence-corrected chi connectivity index (χ1v) is 8.99. The zero-order chi connectivity index (χ0) is 17.1. The minimum absolute atomic E-state index is 0.309. The van der Waals surface area contributed by atoms with Crippen molar-refractivity contribution >= 4 is 50.5 Å². The third-order valence-corrected chi connectivity index (χ3v) is 4.94. The molecule has 3 rings (SSSR count). The lowest BCUT2D eigenvalue weighted by Crippen LogP contribution is -2.12. The predicted octanol–water partition coefficient (Wildman–Crippen LogP) is 5.49. The lowest BCUT2D eigenvalue weighted by atomic mass is 10.2. The molecule has 2 aromatic carbocycles. The molecule has 0 aliphatic heterocycles. The van der Waals surface area contributed by atoms with E-state index in [0.717, 1.165) is 20.8 Å². The van der Waals surface area contributed by atoms with Gasteiger partial charge in [-0.3, -0.25) is 4.79 Å². The number of carbonyl (C=O) groups is 1. The third kappa shape index (κ3) is 3.61. The Bertz CT molecular complexity index is 898. The Morgan fingerprint density at radius 2 is 2.08 bits per heavy atom. The van der Waals surface area contributed by atoms with Gasteiger partial charge in [-0.1, -0.05) is 39.7 Å². The Kier molecular flexibility index (Phi) is 5.18. The number of nitrogens with zero attached hydrogens (tertiary/aromatic N) is 1. The number of hydrogen-bond acceptors (Lipinski definition) is 4. The molecule has 1 heterocycles. The van der Waals surface area contributed by atoms with Crippen molar-refractivity contribution in [1.29, 1.82) is 0 Å². The molecule has 0 aliphatic rings. The third-order valence-electron chi connectivity index (χ3n) is 3.25. The molecule has 1 aromatic heterocycles. The Labute approximate surface area is 156 Å². The number of thiazole rings is 1. The summed E-state index contributed by atoms with van der Waals surface area (Å²) in [6.07, 6.45) is 0. The van der Waals surface area contributed by atoms with Crippen molar-refractivity contribution in [2.45, 2.75) is 0 Å². The Balaban J connectivity index is 1.83. The van der Waals surface area contributed by atoms with Gasteiger partial charge >= 0.3 is 0 Å². The summed E-state index contributed by atoms with van der Waals surface area (Å²) in [6.45, 7) is 0. The maximum atomic E-state index is 12.4. The largest absolute Gasteiger partial charge is 0.496 e. The molecular weight excluding hydrogens is 412 g/mol. The average Bonchev–Trinajstić information content (AvgIpc) is 3.07. The molecule has 4 nitrogen and oxygen atoms in total. The molecule has 1 amide bonds. The van der Waals surface area contributed by atoms with Crippen molar-refractivity contribution in [2.24, 2.45) is 0 Å². The van der Waals surface area contributed by atoms with Crippen molar-refractivity contribution in [2.75, 3.05) is 12.4 Å². The molecule has 0 aliphatic carbocycles. The molecule has 0 bridgehead atoms. The standard InChI is InChI=1S/C17H12BrClN2O2S/c1-23-15-5-3-2-4-11(15)17-21-14(9-24-17)16(22)20-13-7-6-10(18)8-12(13)19/h2-9H,1H3,(H,20,22). The van der Waals surface area contributed by atoms with Crippen LogP contribution in [0.1, 0.15) is 10.5 Å². The topological polar surface area (TPSA) is 51.2 Å². The molecule has 122 valence electrons. The number of amides is 1. The van der Waals surface area contributed by atoms with Crippen LogP contribution in [0.4, 0.5) is 5.69 Å². The van der Waals surface area contributed by atoms with E-state index in [-0.39, 0.29) is 5.91 Å². The maximum absolute atomic E-state index is 12.4. The first-order valence-electron chi connectivity index (χ1n) is 6.94. The van der Waals surface area contributed by atoms with Crippen molar-refractivity contribution in [3.8, 4) is 16.3 Å². The number of hydrogen-bond donors (Lipinski definition) is 1. The number of nitrogens with one attached hydrogen (secondary N) is 1. The van der Waals surface area contributed by atoms with Gasteiger partial charge in [0, 0.05) is 9.85 Å². The smallest absolute Gasteiger partial charge is 0.275 e. The number of methoxy groups -OCH3 is 1. The monoisotopic (exact) mass is 422 g/mol. The molecule has 24 heavy (non-hydrogen) atoms. The summed E-state index contributed by atoms with van der Waals surface area (Å²) in [5.41, 5.74) is 1.72. The van der Waals surface area contributed by atoms with Crippen LogP contribution in [0.5, 0.6) is 5.75 Å². The van der Waals surface area contributed by atoms with Crippen LogP contribution in [-0.2, 0) is 0 Å². The summed E-state index contributed by atoms with van der Waals surface area (Å²) in [5.74, 6) is 0.409. The van der Waals surface area contributed by atoms with Gasteiger partial charge in [0.25, 0.3) is 5.91 Å². The van der Waals surface area contributed by atoms with Crippen molar-refractivity contribution in [1.82, 2.24) is 4.98 Å². The van der Waals surface area contributed by atoms with Gasteiger partial charge in [0.1, 0.15) is 16.5 Å². The number of ether oxygens (including phenoxy) is 1. The van der Waals surface area contributed by atoms with Crippen molar-refractivity contribution in [3.05, 3.63) is 63.0 Å². The van der Waals surface area contributed by atoms with Gasteiger partial charge in [-0.25, -0.2) is 4.98 Å². The van der Waals surface area contributed by atoms with Gasteiger partial charge in [0.15, 0.2) is 0 Å². The zero-order valence-corrected chi connectivity index (χ0v) is 15.7. The number of carbonyl (C=O) groups excluding carboxylic acids is 1. The van der Waals surface area contributed by atoms with Crippen molar-refractivity contribution < 1.29 is 9.53 Å². The highest BCUT2D eigenvalue weighted by Gasteiger charge is 2.15. The van der Waals surface area contributed by atoms with E-state index < -0.39 is 0 Å². The fourth-order valence-electron chi connectivity index (χ4n) is 2.10. The fourth-order valence-corrected chi connectivity index (χ4v) is 3.65. The van der Waals surface area contributed by atoms with E-state index in [0.29, 0.717) is 16.4 Å². The molecule has 3 aromatic rings. The SMILES string of the molecule is COc1ccccc1-c1nc(C(=O)Nc2ccc(Br)cc2Cl)cs1. The summed E-state index contributed by atoms with van der Waals surface area (Å²) in [6, 6.07) is 12.8. The van der Waals surface area contributed by atoms with Gasteiger partial charge in [0.05, 0.1) is 23.4 Å². The number of para-hydroxylation sites is 1. The van der Waals surface area contributed by atoms with Crippen LogP contribution in [0.15, 0.2) is 52.3 Å². The summed E-state index contributed by atoms with van der Waals surface area (Å²) in [4.78, 5) is 16.8. The number of halogens is 2. The number of anilines is 1. The summed E-state index contributed by atoms with van der Waals surface area (Å²) in [5, 5.41) is 5.66. The van der Waals surface area contributed by atoms with E-state index >= 15 is 0 Å². The molecule has 0 saturated heterocycles. The highest BCUT2D eigenvalue weighted by Crippen LogP contribution is 2.32. The Hall–Kier alpha value is -1.89. The quantitative estimate of drug-likeness (QED) is 0.604. The first-order chi connectivity index (χ1) is 11.6. The van der Waals surface area contributed by atoms with E-state index in [1.54, 1.807) is 24.6 Å². The van der Waals surface area contributed by atoms with E-state index in [1.807, 2.05) is 30.3 Å². The molecule has 7 heteroatoms. The molecule has 1 N–H and O–H groups in total. The predicted molar refractivity (Wildman–Crippen MR) is 101 cm³/mol. The summed E-state index contributed by atoms with van der Waals surface area (Å²) >= 11 is 10.8. The average molecular weight is 424 g/mol. The van der Waals surface area contributed by atoms with Crippen molar-refractivity contribution in [3.63, 3.8) is 0 Å². The Morgan fingerprint density at radius 3 is 2.83 bits per heavy atom. The normalized spacial score (nSPS) is 10.5. The first kappa shape index (κ1) is 17.0. The number of benzene rings is 2. The second-order valence-electron chi connectivity index (χ2n) is 4.82. The highest BCUT2D eigenvalue weighted by atomic mass is 79.9. The minimum atomic E-state index is -0.309. The van der Waals surface area contributed by atoms with Crippen LogP contribution in [0.2, 0.25) is 5.02 Å². The molecule has 0 saturated carbocycles. The highest BCUT2D eigenvalue weighted by molar-refractivity contribution is 9.10. The van der Waals surface area contributed by atoms with Gasteiger partial charge in [0.2, 0.25) is 0 Å². The van der Waals surface area contributed by atoms with E-state index in [1.165, 1.54) is 11.3 Å². The van der Waals surface area contributed by atoms with Crippen LogP contribution in [0, 0.1) is 0 Å². The number of aromatic nitrogens is 1. The second-order valence-corrected chi connectivity index (χ2v) is 7.00. The second kappa shape index (κ2) is 7.34. The molecule has 0 radical (unpaired) electrons. The van der Waals surface area contributed by atoms with Gasteiger partial charge in [-0.05, 0) is 30.3 Å². The van der Waals surface area contributed by atoms with E-state index in [4.69, 9.17) is 16.3 Å². The summed E-state index contributed by atoms with van der Waals surface area (Å²) in [7, 11) is 1.61.